The van der Waals surface area contributed by atoms with Gasteiger partial charge in [0.25, 0.3) is 0 Å². The number of rotatable bonds is 6. The first-order chi connectivity index (χ1) is 9.78. The molecule has 20 heavy (non-hydrogen) atoms. The molecular formula is C17H28N2O. The van der Waals surface area contributed by atoms with Gasteiger partial charge < -0.3 is 10.0 Å². The van der Waals surface area contributed by atoms with Gasteiger partial charge in [0, 0.05) is 18.3 Å². The maximum absolute atomic E-state index is 9.47. The highest BCUT2D eigenvalue weighted by Crippen LogP contribution is 2.27. The van der Waals surface area contributed by atoms with Crippen molar-refractivity contribution < 1.29 is 5.11 Å². The van der Waals surface area contributed by atoms with Gasteiger partial charge in [0.1, 0.15) is 5.82 Å². The van der Waals surface area contributed by atoms with Crippen LogP contribution in [0.3, 0.4) is 0 Å². The molecule has 0 amide bonds. The van der Waals surface area contributed by atoms with Crippen LogP contribution in [0.4, 0.5) is 5.82 Å². The van der Waals surface area contributed by atoms with E-state index in [1.165, 1.54) is 32.1 Å². The molecule has 0 aromatic carbocycles. The molecule has 1 aliphatic rings. The van der Waals surface area contributed by atoms with E-state index in [4.69, 9.17) is 4.98 Å². The number of aromatic nitrogens is 1. The minimum atomic E-state index is 0.106. The smallest absolute Gasteiger partial charge is 0.129 e. The molecule has 1 aromatic rings. The molecule has 0 spiro atoms. The Kier molecular flexibility index (Phi) is 5.84. The highest BCUT2D eigenvalue weighted by atomic mass is 16.3. The van der Waals surface area contributed by atoms with Crippen LogP contribution in [-0.4, -0.2) is 22.7 Å². The number of nitrogens with zero attached hydrogens (tertiary/aromatic N) is 2. The number of hydrogen-bond donors (Lipinski definition) is 1. The minimum Gasteiger partial charge on any atom is -0.392 e. The van der Waals surface area contributed by atoms with Crippen molar-refractivity contribution in [1.29, 1.82) is 0 Å². The molecule has 0 bridgehead atoms. The molecule has 2 rings (SSSR count). The Labute approximate surface area is 123 Å². The third-order valence-electron chi connectivity index (χ3n) is 4.26. The van der Waals surface area contributed by atoms with Gasteiger partial charge >= 0.3 is 0 Å². The Bertz CT molecular complexity index is 413. The average molecular weight is 276 g/mol. The van der Waals surface area contributed by atoms with E-state index >= 15 is 0 Å². The lowest BCUT2D eigenvalue weighted by molar-refractivity contribution is 0.281. The molecule has 0 saturated heterocycles. The van der Waals surface area contributed by atoms with Crippen LogP contribution < -0.4 is 4.90 Å². The largest absolute Gasteiger partial charge is 0.392 e. The summed E-state index contributed by atoms with van der Waals surface area (Å²) in [6, 6.07) is 4.74. The Morgan fingerprint density at radius 2 is 1.95 bits per heavy atom. The first kappa shape index (κ1) is 15.3. The van der Waals surface area contributed by atoms with Crippen molar-refractivity contribution in [2.75, 3.05) is 11.4 Å². The number of hydrogen-bond acceptors (Lipinski definition) is 3. The quantitative estimate of drug-likeness (QED) is 0.861. The van der Waals surface area contributed by atoms with Crippen molar-refractivity contribution in [2.45, 2.75) is 71.4 Å². The highest BCUT2D eigenvalue weighted by molar-refractivity contribution is 5.44. The zero-order valence-corrected chi connectivity index (χ0v) is 12.9. The monoisotopic (exact) mass is 276 g/mol. The van der Waals surface area contributed by atoms with E-state index < -0.39 is 0 Å². The Morgan fingerprint density at radius 1 is 1.20 bits per heavy atom. The van der Waals surface area contributed by atoms with E-state index in [0.29, 0.717) is 6.04 Å². The molecular weight excluding hydrogens is 248 g/mol. The lowest BCUT2D eigenvalue weighted by Gasteiger charge is -2.35. The number of aryl methyl sites for hydroxylation is 1. The van der Waals surface area contributed by atoms with E-state index in [-0.39, 0.29) is 6.61 Å². The van der Waals surface area contributed by atoms with Crippen LogP contribution >= 0.6 is 0 Å². The number of pyridine rings is 1. The van der Waals surface area contributed by atoms with Gasteiger partial charge in [-0.2, -0.15) is 0 Å². The Morgan fingerprint density at radius 3 is 2.55 bits per heavy atom. The Hall–Kier alpha value is -1.09. The fraction of sp³-hybridized carbons (Fsp3) is 0.706. The summed E-state index contributed by atoms with van der Waals surface area (Å²) in [5.74, 6) is 1.06. The highest BCUT2D eigenvalue weighted by Gasteiger charge is 2.21. The first-order valence-electron chi connectivity index (χ1n) is 8.15. The van der Waals surface area contributed by atoms with Crippen molar-refractivity contribution >= 4 is 5.82 Å². The van der Waals surface area contributed by atoms with Gasteiger partial charge in [-0.25, -0.2) is 4.98 Å². The van der Waals surface area contributed by atoms with Crippen molar-refractivity contribution in [3.63, 3.8) is 0 Å². The molecule has 0 unspecified atom stereocenters. The summed E-state index contributed by atoms with van der Waals surface area (Å²) in [6.45, 7) is 5.49. The second kappa shape index (κ2) is 7.63. The zero-order valence-electron chi connectivity index (χ0n) is 12.9. The third-order valence-corrected chi connectivity index (χ3v) is 4.26. The molecule has 1 fully saturated rings. The summed E-state index contributed by atoms with van der Waals surface area (Å²) in [5, 5.41) is 9.47. The molecule has 3 nitrogen and oxygen atoms in total. The van der Waals surface area contributed by atoms with Crippen molar-refractivity contribution in [3.05, 3.63) is 23.4 Å². The van der Waals surface area contributed by atoms with Gasteiger partial charge in [-0.05, 0) is 43.9 Å². The van der Waals surface area contributed by atoms with Crippen LogP contribution in [0.5, 0.6) is 0 Å². The van der Waals surface area contributed by atoms with E-state index in [1.54, 1.807) is 0 Å². The fourth-order valence-electron chi connectivity index (χ4n) is 3.26. The normalized spacial score (nSPS) is 16.4. The van der Waals surface area contributed by atoms with Crippen LogP contribution in [0.15, 0.2) is 12.1 Å². The van der Waals surface area contributed by atoms with Crippen LogP contribution in [-0.2, 0) is 13.0 Å². The zero-order chi connectivity index (χ0) is 14.4. The van der Waals surface area contributed by atoms with Gasteiger partial charge in [0.05, 0.1) is 6.61 Å². The SMILES string of the molecule is CCCc1cc(CO)cc(N(CC)C2CCCCC2)n1. The molecule has 0 aliphatic heterocycles. The summed E-state index contributed by atoms with van der Waals surface area (Å²) in [4.78, 5) is 7.27. The van der Waals surface area contributed by atoms with Gasteiger partial charge in [-0.15, -0.1) is 0 Å². The second-order valence-electron chi connectivity index (χ2n) is 5.81. The summed E-state index contributed by atoms with van der Waals surface area (Å²) in [6.07, 6.45) is 8.69. The van der Waals surface area contributed by atoms with Gasteiger partial charge in [-0.1, -0.05) is 32.6 Å². The maximum atomic E-state index is 9.47. The van der Waals surface area contributed by atoms with Crippen LogP contribution in [0, 0.1) is 0 Å². The molecule has 1 N–H and O–H groups in total. The Balaban J connectivity index is 2.24. The minimum absolute atomic E-state index is 0.106. The molecule has 112 valence electrons. The molecule has 1 heterocycles. The lowest BCUT2D eigenvalue weighted by Crippen LogP contribution is -2.37. The molecule has 0 radical (unpaired) electrons. The third kappa shape index (κ3) is 3.72. The first-order valence-corrected chi connectivity index (χ1v) is 8.15. The van der Waals surface area contributed by atoms with E-state index in [0.717, 1.165) is 36.5 Å². The summed E-state index contributed by atoms with van der Waals surface area (Å²) in [5.41, 5.74) is 2.11. The lowest BCUT2D eigenvalue weighted by atomic mass is 9.94. The number of aliphatic hydroxyl groups is 1. The van der Waals surface area contributed by atoms with E-state index in [1.807, 2.05) is 6.07 Å². The van der Waals surface area contributed by atoms with Crippen LogP contribution in [0.1, 0.15) is 63.6 Å². The van der Waals surface area contributed by atoms with Crippen LogP contribution in [0.25, 0.3) is 0 Å². The van der Waals surface area contributed by atoms with E-state index in [9.17, 15) is 5.11 Å². The average Bonchev–Trinajstić information content (AvgIpc) is 2.49. The number of aliphatic hydroxyl groups excluding tert-OH is 1. The van der Waals surface area contributed by atoms with Crippen molar-refractivity contribution in [2.24, 2.45) is 0 Å². The van der Waals surface area contributed by atoms with Gasteiger partial charge in [-0.3, -0.25) is 0 Å². The standard InChI is InChI=1S/C17H28N2O/c1-3-8-15-11-14(13-20)12-17(18-15)19(4-2)16-9-6-5-7-10-16/h11-12,16,20H,3-10,13H2,1-2H3. The molecule has 1 aromatic heterocycles. The number of anilines is 1. The van der Waals surface area contributed by atoms with Crippen molar-refractivity contribution in [1.82, 2.24) is 4.98 Å². The summed E-state index contributed by atoms with van der Waals surface area (Å²) >= 11 is 0. The molecule has 1 saturated carbocycles. The predicted octanol–water partition coefficient (Wildman–Crippen LogP) is 3.69. The second-order valence-corrected chi connectivity index (χ2v) is 5.81. The van der Waals surface area contributed by atoms with Gasteiger partial charge in [0.15, 0.2) is 0 Å². The van der Waals surface area contributed by atoms with Crippen LogP contribution in [0.2, 0.25) is 0 Å². The van der Waals surface area contributed by atoms with Crippen molar-refractivity contribution in [3.8, 4) is 0 Å². The summed E-state index contributed by atoms with van der Waals surface area (Å²) in [7, 11) is 0. The van der Waals surface area contributed by atoms with E-state index in [2.05, 4.69) is 24.8 Å². The predicted molar refractivity (Wildman–Crippen MR) is 84.0 cm³/mol. The fourth-order valence-corrected chi connectivity index (χ4v) is 3.26. The summed E-state index contributed by atoms with van der Waals surface area (Å²) < 4.78 is 0. The van der Waals surface area contributed by atoms with Gasteiger partial charge in [0.2, 0.25) is 0 Å². The molecule has 1 aliphatic carbocycles. The topological polar surface area (TPSA) is 36.4 Å². The molecule has 0 atom stereocenters. The molecule has 3 heteroatoms. The maximum Gasteiger partial charge on any atom is 0.129 e.